The van der Waals surface area contributed by atoms with Crippen LogP contribution in [0.4, 0.5) is 0 Å². The highest BCUT2D eigenvalue weighted by molar-refractivity contribution is 6.30. The van der Waals surface area contributed by atoms with E-state index in [1.807, 2.05) is 13.0 Å². The van der Waals surface area contributed by atoms with Crippen LogP contribution in [0.5, 0.6) is 17.2 Å². The summed E-state index contributed by atoms with van der Waals surface area (Å²) in [6, 6.07) is 10.3. The molecule has 0 spiro atoms. The number of halogens is 1. The van der Waals surface area contributed by atoms with Crippen molar-refractivity contribution in [2.45, 2.75) is 19.8 Å². The molecule has 2 aromatic carbocycles. The maximum absolute atomic E-state index is 12.3. The molecule has 0 bridgehead atoms. The van der Waals surface area contributed by atoms with Crippen LogP contribution >= 0.6 is 11.6 Å². The van der Waals surface area contributed by atoms with E-state index in [-0.39, 0.29) is 17.9 Å². The molecule has 0 fully saturated rings. The lowest BCUT2D eigenvalue weighted by atomic mass is 10.2. The fraction of sp³-hybridized carbons (Fsp3) is 0.300. The van der Waals surface area contributed by atoms with Crippen LogP contribution in [0.3, 0.4) is 0 Å². The Labute approximate surface area is 168 Å². The molecule has 7 nitrogen and oxygen atoms in total. The number of rotatable bonds is 8. The molecule has 0 atom stereocenters. The molecule has 2 amide bonds. The van der Waals surface area contributed by atoms with E-state index >= 15 is 0 Å². The summed E-state index contributed by atoms with van der Waals surface area (Å²) >= 11 is 5.90. The van der Waals surface area contributed by atoms with Crippen LogP contribution in [-0.4, -0.2) is 32.6 Å². The topological polar surface area (TPSA) is 85.9 Å². The summed E-state index contributed by atoms with van der Waals surface area (Å²) in [6.45, 7) is 2.27. The number of carbonyl (C=O) groups excluding carboxylic acids is 2. The van der Waals surface area contributed by atoms with Crippen LogP contribution in [0.25, 0.3) is 0 Å². The number of hydrogen-bond donors (Lipinski definition) is 2. The first-order valence-corrected chi connectivity index (χ1v) is 9.03. The fourth-order valence-corrected chi connectivity index (χ4v) is 2.74. The number of hydrogen-bond acceptors (Lipinski definition) is 5. The number of nitrogens with one attached hydrogen (secondary N) is 2. The summed E-state index contributed by atoms with van der Waals surface area (Å²) < 4.78 is 16.0. The Kier molecular flexibility index (Phi) is 7.95. The van der Waals surface area contributed by atoms with E-state index in [2.05, 4.69) is 10.9 Å². The fourth-order valence-electron chi connectivity index (χ4n) is 2.51. The van der Waals surface area contributed by atoms with Crippen LogP contribution in [0.2, 0.25) is 5.02 Å². The molecule has 0 unspecified atom stereocenters. The van der Waals surface area contributed by atoms with Gasteiger partial charge in [0.25, 0.3) is 5.91 Å². The van der Waals surface area contributed by atoms with Crippen LogP contribution in [-0.2, 0) is 4.79 Å². The summed E-state index contributed by atoms with van der Waals surface area (Å²) in [5.41, 5.74) is 5.93. The highest BCUT2D eigenvalue weighted by Gasteiger charge is 2.16. The van der Waals surface area contributed by atoms with Crippen molar-refractivity contribution in [1.29, 1.82) is 0 Å². The largest absolute Gasteiger partial charge is 0.493 e. The standard InChI is InChI=1S/C20H23ClN2O5/c1-13-12-14(21)9-10-16(13)28-11-5-8-18(24)22-23-20(25)15-6-4-7-17(26-2)19(15)27-3/h4,6-7,9-10,12H,5,8,11H2,1-3H3,(H,22,24)(H,23,25). The molecule has 8 heteroatoms. The van der Waals surface area contributed by atoms with Gasteiger partial charge in [0.05, 0.1) is 26.4 Å². The Morgan fingerprint density at radius 2 is 1.82 bits per heavy atom. The Bertz CT molecular complexity index is 841. The smallest absolute Gasteiger partial charge is 0.273 e. The molecule has 2 rings (SSSR count). The summed E-state index contributed by atoms with van der Waals surface area (Å²) in [5, 5.41) is 0.646. The second-order valence-corrected chi connectivity index (χ2v) is 6.34. The van der Waals surface area contributed by atoms with Gasteiger partial charge in [-0.05, 0) is 49.2 Å². The maximum Gasteiger partial charge on any atom is 0.273 e. The number of methoxy groups -OCH3 is 2. The number of ether oxygens (including phenoxy) is 3. The van der Waals surface area contributed by atoms with E-state index < -0.39 is 5.91 Å². The molecule has 150 valence electrons. The predicted octanol–water partition coefficient (Wildman–Crippen LogP) is 3.29. The zero-order chi connectivity index (χ0) is 20.5. The van der Waals surface area contributed by atoms with Crippen molar-refractivity contribution in [2.24, 2.45) is 0 Å². The van der Waals surface area contributed by atoms with Crippen LogP contribution < -0.4 is 25.1 Å². The quantitative estimate of drug-likeness (QED) is 0.519. The molecule has 0 saturated heterocycles. The van der Waals surface area contributed by atoms with Crippen LogP contribution in [0.1, 0.15) is 28.8 Å². The summed E-state index contributed by atoms with van der Waals surface area (Å²) in [6.07, 6.45) is 0.689. The van der Waals surface area contributed by atoms with Gasteiger partial charge in [-0.2, -0.15) is 0 Å². The molecular formula is C20H23ClN2O5. The predicted molar refractivity (Wildman–Crippen MR) is 106 cm³/mol. The Hall–Kier alpha value is -2.93. The van der Waals surface area contributed by atoms with Crippen molar-refractivity contribution in [3.8, 4) is 17.2 Å². The first kappa shape index (κ1) is 21.4. The van der Waals surface area contributed by atoms with E-state index in [0.717, 1.165) is 11.3 Å². The third kappa shape index (κ3) is 5.79. The van der Waals surface area contributed by atoms with Crippen molar-refractivity contribution in [3.05, 3.63) is 52.5 Å². The molecular weight excluding hydrogens is 384 g/mol. The SMILES string of the molecule is COc1cccc(C(=O)NNC(=O)CCCOc2ccc(Cl)cc2C)c1OC. The zero-order valence-electron chi connectivity index (χ0n) is 16.0. The van der Waals surface area contributed by atoms with Gasteiger partial charge in [0.15, 0.2) is 11.5 Å². The van der Waals surface area contributed by atoms with E-state index in [1.54, 1.807) is 30.3 Å². The highest BCUT2D eigenvalue weighted by Crippen LogP contribution is 2.30. The van der Waals surface area contributed by atoms with E-state index in [0.29, 0.717) is 29.5 Å². The first-order valence-electron chi connectivity index (χ1n) is 8.65. The van der Waals surface area contributed by atoms with Crippen molar-refractivity contribution < 1.29 is 23.8 Å². The number of hydrazine groups is 1. The minimum atomic E-state index is -0.503. The summed E-state index contributed by atoms with van der Waals surface area (Å²) in [5.74, 6) is 0.617. The van der Waals surface area contributed by atoms with Gasteiger partial charge < -0.3 is 14.2 Å². The van der Waals surface area contributed by atoms with Gasteiger partial charge in [0.2, 0.25) is 5.91 Å². The van der Waals surface area contributed by atoms with E-state index in [4.69, 9.17) is 25.8 Å². The van der Waals surface area contributed by atoms with Gasteiger partial charge in [-0.15, -0.1) is 0 Å². The zero-order valence-corrected chi connectivity index (χ0v) is 16.8. The lowest BCUT2D eigenvalue weighted by molar-refractivity contribution is -0.122. The van der Waals surface area contributed by atoms with Crippen molar-refractivity contribution in [2.75, 3.05) is 20.8 Å². The van der Waals surface area contributed by atoms with Gasteiger partial charge in [-0.3, -0.25) is 20.4 Å². The highest BCUT2D eigenvalue weighted by atomic mass is 35.5. The van der Waals surface area contributed by atoms with Gasteiger partial charge in [0, 0.05) is 11.4 Å². The number of amides is 2. The monoisotopic (exact) mass is 406 g/mol. The lowest BCUT2D eigenvalue weighted by Gasteiger charge is -2.13. The summed E-state index contributed by atoms with van der Waals surface area (Å²) in [7, 11) is 2.92. The molecule has 0 heterocycles. The first-order chi connectivity index (χ1) is 13.5. The van der Waals surface area contributed by atoms with E-state index in [9.17, 15) is 9.59 Å². The van der Waals surface area contributed by atoms with Crippen LogP contribution in [0, 0.1) is 6.92 Å². The molecule has 0 aliphatic rings. The molecule has 28 heavy (non-hydrogen) atoms. The minimum absolute atomic E-state index is 0.197. The average molecular weight is 407 g/mol. The second-order valence-electron chi connectivity index (χ2n) is 5.91. The summed E-state index contributed by atoms with van der Waals surface area (Å²) in [4.78, 5) is 24.2. The van der Waals surface area contributed by atoms with Crippen molar-refractivity contribution in [1.82, 2.24) is 10.9 Å². The normalized spacial score (nSPS) is 10.1. The molecule has 2 aromatic rings. The number of para-hydroxylation sites is 1. The lowest BCUT2D eigenvalue weighted by Crippen LogP contribution is -2.41. The minimum Gasteiger partial charge on any atom is -0.493 e. The van der Waals surface area contributed by atoms with Crippen LogP contribution in [0.15, 0.2) is 36.4 Å². The third-order valence-electron chi connectivity index (χ3n) is 3.91. The van der Waals surface area contributed by atoms with Gasteiger partial charge in [-0.25, -0.2) is 0 Å². The Morgan fingerprint density at radius 1 is 1.04 bits per heavy atom. The number of benzene rings is 2. The van der Waals surface area contributed by atoms with Crippen molar-refractivity contribution >= 4 is 23.4 Å². The second kappa shape index (κ2) is 10.4. The molecule has 0 aromatic heterocycles. The number of carbonyl (C=O) groups is 2. The number of aryl methyl sites for hydroxylation is 1. The molecule has 0 saturated carbocycles. The Morgan fingerprint density at radius 3 is 2.50 bits per heavy atom. The van der Waals surface area contributed by atoms with Gasteiger partial charge in [-0.1, -0.05) is 17.7 Å². The van der Waals surface area contributed by atoms with Gasteiger partial charge in [0.1, 0.15) is 5.75 Å². The third-order valence-corrected chi connectivity index (χ3v) is 4.14. The molecule has 0 radical (unpaired) electrons. The molecule has 2 N–H and O–H groups in total. The Balaban J connectivity index is 1.77. The molecule has 0 aliphatic heterocycles. The average Bonchev–Trinajstić information content (AvgIpc) is 2.69. The van der Waals surface area contributed by atoms with E-state index in [1.165, 1.54) is 14.2 Å². The molecule has 0 aliphatic carbocycles. The maximum atomic E-state index is 12.3. The van der Waals surface area contributed by atoms with Crippen molar-refractivity contribution in [3.63, 3.8) is 0 Å². The van der Waals surface area contributed by atoms with Gasteiger partial charge >= 0.3 is 0 Å².